The second kappa shape index (κ2) is 8.23. The summed E-state index contributed by atoms with van der Waals surface area (Å²) in [6.45, 7) is 3.51. The second-order valence-electron chi connectivity index (χ2n) is 7.14. The highest BCUT2D eigenvalue weighted by molar-refractivity contribution is 6.30. The van der Waals surface area contributed by atoms with Gasteiger partial charge in [0.1, 0.15) is 12.4 Å². The SMILES string of the molecule is O=C(C1=Cc2cc(Cl)ccc2OC1)N1CCN(Cc2cccc([N+](=O)[O-])c2)CC1. The summed E-state index contributed by atoms with van der Waals surface area (Å²) in [6, 6.07) is 12.0. The normalized spacial score (nSPS) is 16.6. The number of benzene rings is 2. The van der Waals surface area contributed by atoms with E-state index >= 15 is 0 Å². The van der Waals surface area contributed by atoms with E-state index in [9.17, 15) is 14.9 Å². The van der Waals surface area contributed by atoms with Crippen molar-refractivity contribution < 1.29 is 14.5 Å². The van der Waals surface area contributed by atoms with Crippen LogP contribution in [0.5, 0.6) is 5.75 Å². The Morgan fingerprint density at radius 1 is 1.14 bits per heavy atom. The van der Waals surface area contributed by atoms with Gasteiger partial charge in [-0.15, -0.1) is 0 Å². The lowest BCUT2D eigenvalue weighted by molar-refractivity contribution is -0.384. The first-order chi connectivity index (χ1) is 14.0. The van der Waals surface area contributed by atoms with Crippen LogP contribution in [-0.2, 0) is 11.3 Å². The van der Waals surface area contributed by atoms with Crippen molar-refractivity contribution in [2.45, 2.75) is 6.54 Å². The van der Waals surface area contributed by atoms with Crippen LogP contribution in [0.25, 0.3) is 6.08 Å². The third kappa shape index (κ3) is 4.41. The van der Waals surface area contributed by atoms with E-state index in [2.05, 4.69) is 4.90 Å². The fourth-order valence-electron chi connectivity index (χ4n) is 3.61. The second-order valence-corrected chi connectivity index (χ2v) is 7.57. The van der Waals surface area contributed by atoms with Gasteiger partial charge in [-0.1, -0.05) is 23.7 Å². The zero-order chi connectivity index (χ0) is 20.4. The van der Waals surface area contributed by atoms with Gasteiger partial charge in [0.2, 0.25) is 0 Å². The quantitative estimate of drug-likeness (QED) is 0.567. The van der Waals surface area contributed by atoms with Crippen LogP contribution in [0.1, 0.15) is 11.1 Å². The van der Waals surface area contributed by atoms with E-state index in [4.69, 9.17) is 16.3 Å². The molecule has 0 atom stereocenters. The van der Waals surface area contributed by atoms with Crippen molar-refractivity contribution in [1.29, 1.82) is 0 Å². The van der Waals surface area contributed by atoms with Gasteiger partial charge < -0.3 is 9.64 Å². The number of hydrogen-bond donors (Lipinski definition) is 0. The topological polar surface area (TPSA) is 75.9 Å². The lowest BCUT2D eigenvalue weighted by Gasteiger charge is -2.35. The van der Waals surface area contributed by atoms with Crippen LogP contribution in [0.15, 0.2) is 48.0 Å². The molecular weight excluding hydrogens is 394 g/mol. The Morgan fingerprint density at radius 3 is 2.69 bits per heavy atom. The molecule has 2 aliphatic rings. The van der Waals surface area contributed by atoms with Gasteiger partial charge in [-0.25, -0.2) is 0 Å². The van der Waals surface area contributed by atoms with Crippen LogP contribution in [0, 0.1) is 10.1 Å². The Bertz CT molecular complexity index is 984. The monoisotopic (exact) mass is 413 g/mol. The largest absolute Gasteiger partial charge is 0.488 e. The predicted molar refractivity (Wildman–Crippen MR) is 110 cm³/mol. The number of halogens is 1. The molecule has 2 aromatic rings. The standard InChI is InChI=1S/C21H20ClN3O4/c22-18-4-5-20-16(12-18)11-17(14-29-20)21(26)24-8-6-23(7-9-24)13-15-2-1-3-19(10-15)25(27)28/h1-5,10-12H,6-9,13-14H2. The Kier molecular flexibility index (Phi) is 5.51. The van der Waals surface area contributed by atoms with E-state index in [1.165, 1.54) is 6.07 Å². The number of non-ortho nitro benzene ring substituents is 1. The molecule has 0 spiro atoms. The molecular formula is C21H20ClN3O4. The summed E-state index contributed by atoms with van der Waals surface area (Å²) < 4.78 is 5.69. The fraction of sp³-hybridized carbons (Fsp3) is 0.286. The number of nitrogens with zero attached hydrogens (tertiary/aromatic N) is 3. The summed E-state index contributed by atoms with van der Waals surface area (Å²) in [7, 11) is 0. The third-order valence-electron chi connectivity index (χ3n) is 5.15. The molecule has 0 bridgehead atoms. The number of piperazine rings is 1. The maximum atomic E-state index is 12.9. The first-order valence-electron chi connectivity index (χ1n) is 9.37. The summed E-state index contributed by atoms with van der Waals surface area (Å²) in [4.78, 5) is 27.5. The van der Waals surface area contributed by atoms with Crippen molar-refractivity contribution in [3.05, 3.63) is 74.3 Å². The average molecular weight is 414 g/mol. The molecule has 0 saturated carbocycles. The van der Waals surface area contributed by atoms with Crippen molar-refractivity contribution >= 4 is 29.3 Å². The Hall–Kier alpha value is -2.90. The Morgan fingerprint density at radius 2 is 1.93 bits per heavy atom. The minimum absolute atomic E-state index is 0.0226. The molecule has 8 heteroatoms. The van der Waals surface area contributed by atoms with Gasteiger partial charge in [-0.05, 0) is 29.8 Å². The maximum absolute atomic E-state index is 12.9. The number of ether oxygens (including phenoxy) is 1. The number of amides is 1. The molecule has 4 rings (SSSR count). The summed E-state index contributed by atoms with van der Waals surface area (Å²) in [5.74, 6) is 0.707. The van der Waals surface area contributed by atoms with Crippen LogP contribution < -0.4 is 4.74 Å². The molecule has 29 heavy (non-hydrogen) atoms. The van der Waals surface area contributed by atoms with E-state index in [1.807, 2.05) is 23.1 Å². The first-order valence-corrected chi connectivity index (χ1v) is 9.75. The lowest BCUT2D eigenvalue weighted by atomic mass is 10.1. The highest BCUT2D eigenvalue weighted by Gasteiger charge is 2.26. The van der Waals surface area contributed by atoms with Gasteiger partial charge in [0.05, 0.1) is 10.5 Å². The Balaban J connectivity index is 1.37. The van der Waals surface area contributed by atoms with Crippen LogP contribution in [0.2, 0.25) is 5.02 Å². The number of hydrogen-bond acceptors (Lipinski definition) is 5. The molecule has 1 amide bonds. The molecule has 0 aliphatic carbocycles. The Labute approximate surface area is 173 Å². The molecule has 0 aromatic heterocycles. The summed E-state index contributed by atoms with van der Waals surface area (Å²) in [6.07, 6.45) is 1.85. The summed E-state index contributed by atoms with van der Waals surface area (Å²) in [5.41, 5.74) is 2.43. The molecule has 2 aliphatic heterocycles. The molecule has 0 N–H and O–H groups in total. The fourth-order valence-corrected chi connectivity index (χ4v) is 3.79. The van der Waals surface area contributed by atoms with Gasteiger partial charge in [0, 0.05) is 55.4 Å². The van der Waals surface area contributed by atoms with Crippen LogP contribution in [-0.4, -0.2) is 53.4 Å². The zero-order valence-electron chi connectivity index (χ0n) is 15.7. The number of nitro groups is 1. The van der Waals surface area contributed by atoms with Crippen LogP contribution >= 0.6 is 11.6 Å². The van der Waals surface area contributed by atoms with Crippen molar-refractivity contribution in [3.8, 4) is 5.75 Å². The van der Waals surface area contributed by atoms with Gasteiger partial charge in [-0.3, -0.25) is 19.8 Å². The molecule has 2 aromatic carbocycles. The molecule has 150 valence electrons. The molecule has 2 heterocycles. The summed E-state index contributed by atoms with van der Waals surface area (Å²) in [5, 5.41) is 11.5. The highest BCUT2D eigenvalue weighted by Crippen LogP contribution is 2.29. The van der Waals surface area contributed by atoms with E-state index in [1.54, 1.807) is 24.3 Å². The number of carbonyl (C=O) groups is 1. The van der Waals surface area contributed by atoms with E-state index in [0.717, 1.165) is 16.9 Å². The smallest absolute Gasteiger partial charge is 0.269 e. The molecule has 0 radical (unpaired) electrons. The van der Waals surface area contributed by atoms with Crippen LogP contribution in [0.4, 0.5) is 5.69 Å². The van der Waals surface area contributed by atoms with Crippen molar-refractivity contribution in [3.63, 3.8) is 0 Å². The first kappa shape index (κ1) is 19.4. The average Bonchev–Trinajstić information content (AvgIpc) is 2.73. The highest BCUT2D eigenvalue weighted by atomic mass is 35.5. The number of carbonyl (C=O) groups excluding carboxylic acids is 1. The van der Waals surface area contributed by atoms with Gasteiger partial charge in [0.25, 0.3) is 11.6 Å². The third-order valence-corrected chi connectivity index (χ3v) is 5.38. The molecule has 1 fully saturated rings. The number of fused-ring (bicyclic) bond motifs is 1. The van der Waals surface area contributed by atoms with Gasteiger partial charge in [-0.2, -0.15) is 0 Å². The minimum Gasteiger partial charge on any atom is -0.488 e. The van der Waals surface area contributed by atoms with E-state index in [-0.39, 0.29) is 23.1 Å². The maximum Gasteiger partial charge on any atom is 0.269 e. The zero-order valence-corrected chi connectivity index (χ0v) is 16.5. The molecule has 0 unspecified atom stereocenters. The van der Waals surface area contributed by atoms with Crippen LogP contribution in [0.3, 0.4) is 0 Å². The van der Waals surface area contributed by atoms with Gasteiger partial charge in [0.15, 0.2) is 0 Å². The lowest BCUT2D eigenvalue weighted by Crippen LogP contribution is -2.49. The van der Waals surface area contributed by atoms with Gasteiger partial charge >= 0.3 is 0 Å². The van der Waals surface area contributed by atoms with E-state index < -0.39 is 0 Å². The van der Waals surface area contributed by atoms with Crippen molar-refractivity contribution in [2.24, 2.45) is 0 Å². The minimum atomic E-state index is -0.384. The van der Waals surface area contributed by atoms with Crippen molar-refractivity contribution in [1.82, 2.24) is 9.80 Å². The number of nitro benzene ring substituents is 1. The predicted octanol–water partition coefficient (Wildman–Crippen LogP) is 3.37. The molecule has 1 saturated heterocycles. The van der Waals surface area contributed by atoms with Crippen molar-refractivity contribution in [2.75, 3.05) is 32.8 Å². The van der Waals surface area contributed by atoms with E-state index in [0.29, 0.717) is 43.3 Å². The number of rotatable bonds is 4. The molecule has 7 nitrogen and oxygen atoms in total. The summed E-state index contributed by atoms with van der Waals surface area (Å²) >= 11 is 6.04.